The predicted octanol–water partition coefficient (Wildman–Crippen LogP) is -0.608. The van der Waals surface area contributed by atoms with Crippen LogP contribution >= 0.6 is 7.82 Å². The van der Waals surface area contributed by atoms with Gasteiger partial charge in [0.25, 0.3) is 5.56 Å². The lowest BCUT2D eigenvalue weighted by atomic mass is 10.1. The van der Waals surface area contributed by atoms with Crippen LogP contribution in [0.15, 0.2) is 14.7 Å². The average Bonchev–Trinajstić information content (AvgIpc) is 2.80. The van der Waals surface area contributed by atoms with Crippen LogP contribution in [0.4, 0.5) is 10.2 Å². The number of hydrogen-bond donors (Lipinski definition) is 3. The minimum atomic E-state index is -4.41. The van der Waals surface area contributed by atoms with E-state index in [2.05, 4.69) is 19.1 Å². The monoisotopic (exact) mass is 365 g/mol. The number of fused-ring (bicyclic) bond motifs is 1. The third-order valence-corrected chi connectivity index (χ3v) is 4.41. The smallest absolute Gasteiger partial charge is 0.386 e. The summed E-state index contributed by atoms with van der Waals surface area (Å²) < 4.78 is 40.1. The molecule has 3 N–H and O–H groups in total. The highest BCUT2D eigenvalue weighted by molar-refractivity contribution is 7.47. The van der Waals surface area contributed by atoms with Gasteiger partial charge >= 0.3 is 13.5 Å². The molecule has 13 nitrogen and oxygen atoms in total. The standard InChI is InChI=1S/C9H9FN5O8P/c10-3-6(13-14-11)15(9(18)12-7(3)17)8-4(16)5-2(22-8)1-21-24(19,20)23-5/h2,4-5,8,16H,1H2,(H,19,20)(H,12,17,18)/t2-,4-,5-,8-/m1/s1. The van der Waals surface area contributed by atoms with Crippen LogP contribution < -0.4 is 11.2 Å². The Morgan fingerprint density at radius 1 is 1.50 bits per heavy atom. The summed E-state index contributed by atoms with van der Waals surface area (Å²) in [6.07, 6.45) is -5.78. The summed E-state index contributed by atoms with van der Waals surface area (Å²) in [4.78, 5) is 36.4. The van der Waals surface area contributed by atoms with Gasteiger partial charge in [-0.3, -0.25) is 23.4 Å². The molecule has 0 radical (unpaired) electrons. The largest absolute Gasteiger partial charge is 0.472 e. The highest BCUT2D eigenvalue weighted by atomic mass is 31.2. The molecule has 0 spiro atoms. The van der Waals surface area contributed by atoms with Gasteiger partial charge in [0.2, 0.25) is 5.82 Å². The third kappa shape index (κ3) is 2.65. The van der Waals surface area contributed by atoms with E-state index in [0.717, 1.165) is 0 Å². The van der Waals surface area contributed by atoms with E-state index in [4.69, 9.17) is 10.3 Å². The number of H-pyrrole nitrogens is 1. The highest BCUT2D eigenvalue weighted by Crippen LogP contribution is 2.52. The first-order valence-electron chi connectivity index (χ1n) is 6.34. The van der Waals surface area contributed by atoms with Crippen LogP contribution in [0.2, 0.25) is 0 Å². The molecule has 1 aromatic heterocycles. The lowest BCUT2D eigenvalue weighted by molar-refractivity contribution is -0.0682. The fourth-order valence-corrected chi connectivity index (χ4v) is 3.40. The molecular weight excluding hydrogens is 356 g/mol. The van der Waals surface area contributed by atoms with Gasteiger partial charge in [-0.15, -0.1) is 0 Å². The number of ether oxygens (including phenoxy) is 1. The molecule has 1 unspecified atom stereocenters. The Bertz CT molecular complexity index is 893. The molecule has 0 aliphatic carbocycles. The lowest BCUT2D eigenvalue weighted by Gasteiger charge is -2.27. The SMILES string of the molecule is [N-]=[N+]=Nc1c(F)c(=O)[nH]c(=O)n1[C@@H]1O[C@@H]2COP(=O)(O)O[C@H]2[C@H]1O. The number of hydrogen-bond acceptors (Lipinski definition) is 8. The number of nitrogens with one attached hydrogen (secondary N) is 1. The zero-order valence-electron chi connectivity index (χ0n) is 11.5. The lowest BCUT2D eigenvalue weighted by Crippen LogP contribution is -2.41. The first-order valence-corrected chi connectivity index (χ1v) is 7.83. The van der Waals surface area contributed by atoms with Crippen molar-refractivity contribution in [2.24, 2.45) is 5.11 Å². The minimum absolute atomic E-state index is 0.380. The number of aromatic nitrogens is 2. The minimum Gasteiger partial charge on any atom is -0.386 e. The van der Waals surface area contributed by atoms with Crippen LogP contribution in [0.3, 0.4) is 0 Å². The molecule has 2 fully saturated rings. The Balaban J connectivity index is 2.09. The summed E-state index contributed by atoms with van der Waals surface area (Å²) in [5.41, 5.74) is 5.83. The molecule has 0 bridgehead atoms. The molecule has 24 heavy (non-hydrogen) atoms. The third-order valence-electron chi connectivity index (χ3n) is 3.42. The van der Waals surface area contributed by atoms with Crippen molar-refractivity contribution in [3.05, 3.63) is 37.1 Å². The van der Waals surface area contributed by atoms with Crippen molar-refractivity contribution in [3.63, 3.8) is 0 Å². The van der Waals surface area contributed by atoms with Gasteiger partial charge in [-0.2, -0.15) is 4.39 Å². The van der Waals surface area contributed by atoms with Gasteiger partial charge in [-0.05, 0) is 10.6 Å². The van der Waals surface area contributed by atoms with E-state index in [1.54, 1.807) is 4.98 Å². The molecule has 3 heterocycles. The average molecular weight is 365 g/mol. The van der Waals surface area contributed by atoms with Crippen molar-refractivity contribution < 1.29 is 32.7 Å². The van der Waals surface area contributed by atoms with Gasteiger partial charge in [-0.1, -0.05) is 0 Å². The number of nitrogens with zero attached hydrogens (tertiary/aromatic N) is 4. The molecule has 2 saturated heterocycles. The van der Waals surface area contributed by atoms with Crippen LogP contribution in [-0.2, 0) is 18.3 Å². The van der Waals surface area contributed by atoms with Crippen molar-refractivity contribution >= 4 is 13.6 Å². The maximum absolute atomic E-state index is 13.9. The van der Waals surface area contributed by atoms with E-state index in [1.165, 1.54) is 0 Å². The van der Waals surface area contributed by atoms with Crippen molar-refractivity contribution in [1.29, 1.82) is 0 Å². The predicted molar refractivity (Wildman–Crippen MR) is 70.7 cm³/mol. The van der Waals surface area contributed by atoms with E-state index >= 15 is 0 Å². The van der Waals surface area contributed by atoms with Crippen LogP contribution in [0.1, 0.15) is 6.23 Å². The van der Waals surface area contributed by atoms with E-state index in [9.17, 15) is 28.5 Å². The van der Waals surface area contributed by atoms with Crippen molar-refractivity contribution in [1.82, 2.24) is 9.55 Å². The van der Waals surface area contributed by atoms with E-state index in [1.807, 2.05) is 0 Å². The number of phosphoric acid groups is 1. The molecule has 2 aliphatic rings. The number of rotatable bonds is 2. The number of azide groups is 1. The van der Waals surface area contributed by atoms with Crippen LogP contribution in [0.5, 0.6) is 0 Å². The van der Waals surface area contributed by atoms with Crippen LogP contribution in [-0.4, -0.2) is 44.5 Å². The van der Waals surface area contributed by atoms with Gasteiger partial charge in [0.1, 0.15) is 18.3 Å². The fourth-order valence-electron chi connectivity index (χ4n) is 2.44. The summed E-state index contributed by atoms with van der Waals surface area (Å²) in [7, 11) is -4.41. The number of aromatic amines is 1. The maximum atomic E-state index is 13.9. The first-order chi connectivity index (χ1) is 11.2. The number of aliphatic hydroxyl groups excluding tert-OH is 1. The maximum Gasteiger partial charge on any atom is 0.472 e. The molecule has 0 saturated carbocycles. The zero-order chi connectivity index (χ0) is 17.6. The zero-order valence-corrected chi connectivity index (χ0v) is 12.4. The van der Waals surface area contributed by atoms with Gasteiger partial charge in [0.15, 0.2) is 12.0 Å². The summed E-state index contributed by atoms with van der Waals surface area (Å²) >= 11 is 0. The van der Waals surface area contributed by atoms with Crippen molar-refractivity contribution in [2.75, 3.05) is 6.61 Å². The number of halogens is 1. The van der Waals surface area contributed by atoms with Gasteiger partial charge < -0.3 is 14.7 Å². The van der Waals surface area contributed by atoms with Crippen molar-refractivity contribution in [2.45, 2.75) is 24.5 Å². The Morgan fingerprint density at radius 3 is 2.88 bits per heavy atom. The highest BCUT2D eigenvalue weighted by Gasteiger charge is 2.53. The molecule has 0 amide bonds. The summed E-state index contributed by atoms with van der Waals surface area (Å²) in [5.74, 6) is -2.58. The molecule has 2 aliphatic heterocycles. The summed E-state index contributed by atoms with van der Waals surface area (Å²) in [5, 5.41) is 13.1. The van der Waals surface area contributed by atoms with Crippen LogP contribution in [0, 0.1) is 5.82 Å². The quantitative estimate of drug-likeness (QED) is 0.268. The molecule has 15 heteroatoms. The normalized spacial score (nSPS) is 35.3. The number of phosphoric ester groups is 1. The summed E-state index contributed by atoms with van der Waals surface area (Å²) in [6, 6.07) is 0. The van der Waals surface area contributed by atoms with Gasteiger partial charge in [-0.25, -0.2) is 9.36 Å². The second kappa shape index (κ2) is 5.79. The van der Waals surface area contributed by atoms with Gasteiger partial charge in [0.05, 0.1) is 6.61 Å². The fraction of sp³-hybridized carbons (Fsp3) is 0.556. The van der Waals surface area contributed by atoms with E-state index < -0.39 is 61.9 Å². The molecule has 0 aromatic carbocycles. The number of aliphatic hydroxyl groups is 1. The topological polar surface area (TPSA) is 189 Å². The Labute approximate surface area is 130 Å². The van der Waals surface area contributed by atoms with Crippen molar-refractivity contribution in [3.8, 4) is 0 Å². The Morgan fingerprint density at radius 2 is 2.21 bits per heavy atom. The molecule has 130 valence electrons. The molecular formula is C9H9FN5O8P. The van der Waals surface area contributed by atoms with E-state index in [0.29, 0.717) is 4.57 Å². The Hall–Kier alpha value is -2.05. The van der Waals surface area contributed by atoms with Crippen LogP contribution in [0.25, 0.3) is 10.4 Å². The summed E-state index contributed by atoms with van der Waals surface area (Å²) in [6.45, 7) is -0.441. The molecule has 5 atom stereocenters. The van der Waals surface area contributed by atoms with E-state index in [-0.39, 0.29) is 0 Å². The second-order valence-electron chi connectivity index (χ2n) is 4.85. The second-order valence-corrected chi connectivity index (χ2v) is 6.25. The molecule has 3 rings (SSSR count). The first kappa shape index (κ1) is 16.8. The Kier molecular flexibility index (Phi) is 4.05. The van der Waals surface area contributed by atoms with Gasteiger partial charge in [0, 0.05) is 4.91 Å². The molecule has 1 aromatic rings.